The summed E-state index contributed by atoms with van der Waals surface area (Å²) < 4.78 is 24.4. The van der Waals surface area contributed by atoms with Crippen LogP contribution in [0.2, 0.25) is 0 Å². The second kappa shape index (κ2) is 16.0. The standard InChI is InChI=1S/C41H70O14/c1-19(2)9-8-10-23(52-36-33(50)31(48)29(46)24(17-42)53-36)20-11-13-41(7)28(20)21(44)15-27-39(5)16-22(45)35(38(3,4)26(39)12-14-40(27,41)6)55-37-34(51)32(49)30(47)25(18-43)54-37/h9,20-37,42-51H,8,10-18H2,1-7H3/t20-,21-,22-,23?,24-,25-,26?,27-,28+,29-,30-,31+,32+,33-,34-,35+,36-,37+,39+,40-,41-/m1/s1. The van der Waals surface area contributed by atoms with E-state index in [1.807, 2.05) is 13.8 Å². The number of aliphatic hydroxyl groups excluding tert-OH is 10. The predicted molar refractivity (Wildman–Crippen MR) is 198 cm³/mol. The lowest BCUT2D eigenvalue weighted by molar-refractivity contribution is -0.344. The van der Waals surface area contributed by atoms with Gasteiger partial charge in [-0.1, -0.05) is 46.3 Å². The van der Waals surface area contributed by atoms with Gasteiger partial charge in [0.05, 0.1) is 37.6 Å². The average Bonchev–Trinajstić information content (AvgIpc) is 3.49. The Hall–Kier alpha value is -0.820. The van der Waals surface area contributed by atoms with Crippen molar-refractivity contribution in [1.82, 2.24) is 0 Å². The molecule has 0 aromatic carbocycles. The summed E-state index contributed by atoms with van der Waals surface area (Å²) >= 11 is 0. The summed E-state index contributed by atoms with van der Waals surface area (Å²) in [5.41, 5.74) is -0.443. The minimum absolute atomic E-state index is 0.0337. The van der Waals surface area contributed by atoms with Crippen LogP contribution in [0, 0.1) is 45.3 Å². The molecule has 10 N–H and O–H groups in total. The minimum atomic E-state index is -1.59. The third kappa shape index (κ3) is 7.19. The van der Waals surface area contributed by atoms with Crippen LogP contribution in [0.3, 0.4) is 0 Å². The maximum Gasteiger partial charge on any atom is 0.187 e. The van der Waals surface area contributed by atoms with Gasteiger partial charge in [-0.05, 0) is 111 Å². The van der Waals surface area contributed by atoms with Crippen molar-refractivity contribution < 1.29 is 70.0 Å². The average molecular weight is 787 g/mol. The molecule has 2 aliphatic heterocycles. The van der Waals surface area contributed by atoms with E-state index in [-0.39, 0.29) is 34.5 Å². The van der Waals surface area contributed by atoms with Gasteiger partial charge in [0.25, 0.3) is 0 Å². The molecule has 0 aromatic rings. The summed E-state index contributed by atoms with van der Waals surface area (Å²) in [5.74, 6) is -0.177. The number of aliphatic hydroxyl groups is 10. The first-order valence-electron chi connectivity index (χ1n) is 20.6. The molecule has 14 nitrogen and oxygen atoms in total. The Balaban J connectivity index is 1.26. The highest BCUT2D eigenvalue weighted by atomic mass is 16.7. The Morgan fingerprint density at radius 3 is 1.85 bits per heavy atom. The Bertz CT molecular complexity index is 1360. The van der Waals surface area contributed by atoms with E-state index < -0.39 is 110 Å². The molecule has 2 saturated heterocycles. The highest BCUT2D eigenvalue weighted by Gasteiger charge is 2.72. The van der Waals surface area contributed by atoms with Crippen molar-refractivity contribution in [2.45, 2.75) is 186 Å². The van der Waals surface area contributed by atoms with Crippen molar-refractivity contribution in [2.24, 2.45) is 45.3 Å². The van der Waals surface area contributed by atoms with Crippen LogP contribution in [0.15, 0.2) is 11.6 Å². The van der Waals surface area contributed by atoms with Crippen LogP contribution in [-0.2, 0) is 18.9 Å². The zero-order chi connectivity index (χ0) is 40.6. The zero-order valence-electron chi connectivity index (χ0n) is 33.6. The van der Waals surface area contributed by atoms with E-state index in [0.717, 1.165) is 31.3 Å². The molecule has 2 heterocycles. The van der Waals surface area contributed by atoms with E-state index >= 15 is 0 Å². The molecule has 4 aliphatic carbocycles. The van der Waals surface area contributed by atoms with E-state index in [4.69, 9.17) is 18.9 Å². The van der Waals surface area contributed by atoms with Crippen LogP contribution in [-0.4, -0.2) is 150 Å². The fourth-order valence-electron chi connectivity index (χ4n) is 13.2. The lowest BCUT2D eigenvalue weighted by Gasteiger charge is -2.71. The van der Waals surface area contributed by atoms with Gasteiger partial charge in [-0.2, -0.15) is 0 Å². The topological polar surface area (TPSA) is 239 Å². The van der Waals surface area contributed by atoms with Crippen LogP contribution < -0.4 is 0 Å². The number of fused-ring (bicyclic) bond motifs is 5. The van der Waals surface area contributed by atoms with Gasteiger partial charge in [-0.25, -0.2) is 0 Å². The number of ether oxygens (including phenoxy) is 4. The first-order chi connectivity index (χ1) is 25.7. The van der Waals surface area contributed by atoms with Crippen molar-refractivity contribution >= 4 is 0 Å². The smallest absolute Gasteiger partial charge is 0.187 e. The van der Waals surface area contributed by atoms with Gasteiger partial charge >= 0.3 is 0 Å². The van der Waals surface area contributed by atoms with E-state index in [1.165, 1.54) is 0 Å². The van der Waals surface area contributed by atoms with Crippen LogP contribution in [0.1, 0.15) is 99.8 Å². The first kappa shape index (κ1) is 43.8. The number of hydrogen-bond donors (Lipinski definition) is 10. The molecule has 0 radical (unpaired) electrons. The second-order valence-electron chi connectivity index (χ2n) is 19.6. The SMILES string of the molecule is CC(C)=CCCC(O[C@@H]1O[C@H](CO)[C@@H](O)[C@H](O)[C@H]1O)[C@H]1CC[C@]2(C)[C@@H]1[C@H](O)C[C@@H]1[C@@]3(C)C[C@@H](O)[C@H](O[C@@H]4O[C@H](CO)[C@@H](O)[C@H](O)[C@H]4O)C(C)(C)C3CC[C@]12C. The molecule has 0 spiro atoms. The number of hydrogen-bond acceptors (Lipinski definition) is 14. The van der Waals surface area contributed by atoms with E-state index in [1.54, 1.807) is 0 Å². The molecule has 0 aromatic heterocycles. The van der Waals surface area contributed by atoms with E-state index in [2.05, 4.69) is 40.7 Å². The molecule has 0 bridgehead atoms. The van der Waals surface area contributed by atoms with Gasteiger partial charge in [0.1, 0.15) is 48.8 Å². The van der Waals surface area contributed by atoms with Crippen molar-refractivity contribution in [1.29, 1.82) is 0 Å². The van der Waals surface area contributed by atoms with Gasteiger partial charge < -0.3 is 70.0 Å². The van der Waals surface area contributed by atoms with Crippen LogP contribution in [0.5, 0.6) is 0 Å². The summed E-state index contributed by atoms with van der Waals surface area (Å²) in [6.07, 6.45) is -9.47. The van der Waals surface area contributed by atoms with Crippen molar-refractivity contribution in [2.75, 3.05) is 13.2 Å². The summed E-state index contributed by atoms with van der Waals surface area (Å²) in [6, 6.07) is 0. The fraction of sp³-hybridized carbons (Fsp3) is 0.951. The van der Waals surface area contributed by atoms with Crippen molar-refractivity contribution in [3.63, 3.8) is 0 Å². The lowest BCUT2D eigenvalue weighted by Crippen LogP contribution is -2.69. The fourth-order valence-corrected chi connectivity index (χ4v) is 13.2. The monoisotopic (exact) mass is 786 g/mol. The van der Waals surface area contributed by atoms with Gasteiger partial charge in [0.15, 0.2) is 12.6 Å². The van der Waals surface area contributed by atoms with Crippen molar-refractivity contribution in [3.05, 3.63) is 11.6 Å². The molecule has 6 rings (SSSR count). The molecule has 55 heavy (non-hydrogen) atoms. The molecule has 14 heteroatoms. The highest BCUT2D eigenvalue weighted by molar-refractivity contribution is 5.20. The van der Waals surface area contributed by atoms with Gasteiger partial charge in [0, 0.05) is 0 Å². The van der Waals surface area contributed by atoms with Gasteiger partial charge in [-0.15, -0.1) is 0 Å². The Kier molecular flexibility index (Phi) is 12.7. The minimum Gasteiger partial charge on any atom is -0.394 e. The molecule has 21 atom stereocenters. The largest absolute Gasteiger partial charge is 0.394 e. The third-order valence-electron chi connectivity index (χ3n) is 16.1. The predicted octanol–water partition coefficient (Wildman–Crippen LogP) is 0.730. The normalized spacial score (nSPS) is 52.8. The highest BCUT2D eigenvalue weighted by Crippen LogP contribution is 2.75. The number of rotatable bonds is 10. The molecule has 318 valence electrons. The summed E-state index contributed by atoms with van der Waals surface area (Å²) in [5, 5.41) is 107. The second-order valence-corrected chi connectivity index (χ2v) is 19.6. The Labute approximate surface area is 325 Å². The number of allylic oxidation sites excluding steroid dienone is 2. The molecular formula is C41H70O14. The molecule has 6 aliphatic rings. The van der Waals surface area contributed by atoms with E-state index in [0.29, 0.717) is 25.7 Å². The van der Waals surface area contributed by atoms with Crippen molar-refractivity contribution in [3.8, 4) is 0 Å². The van der Waals surface area contributed by atoms with Gasteiger partial charge in [-0.3, -0.25) is 0 Å². The van der Waals surface area contributed by atoms with Crippen LogP contribution in [0.4, 0.5) is 0 Å². The Morgan fingerprint density at radius 2 is 1.27 bits per heavy atom. The maximum atomic E-state index is 12.4. The molecule has 0 amide bonds. The molecule has 4 saturated carbocycles. The molecular weight excluding hydrogens is 716 g/mol. The summed E-state index contributed by atoms with van der Waals surface area (Å²) in [7, 11) is 0. The van der Waals surface area contributed by atoms with Gasteiger partial charge in [0.2, 0.25) is 0 Å². The third-order valence-corrected chi connectivity index (χ3v) is 16.1. The van der Waals surface area contributed by atoms with Crippen LogP contribution >= 0.6 is 0 Å². The van der Waals surface area contributed by atoms with Crippen LogP contribution in [0.25, 0.3) is 0 Å². The van der Waals surface area contributed by atoms with E-state index in [9.17, 15) is 51.1 Å². The maximum absolute atomic E-state index is 12.4. The molecule has 6 fully saturated rings. The lowest BCUT2D eigenvalue weighted by atomic mass is 9.35. The quantitative estimate of drug-likeness (QED) is 0.109. The molecule has 2 unspecified atom stereocenters. The Morgan fingerprint density at radius 1 is 0.709 bits per heavy atom. The summed E-state index contributed by atoms with van der Waals surface area (Å²) in [4.78, 5) is 0. The first-order valence-corrected chi connectivity index (χ1v) is 20.6. The summed E-state index contributed by atoms with van der Waals surface area (Å²) in [6.45, 7) is 13.9. The zero-order valence-corrected chi connectivity index (χ0v) is 33.6.